The molecule has 1 fully saturated rings. The van der Waals surface area contributed by atoms with Crippen molar-refractivity contribution in [2.45, 2.75) is 19.9 Å². The quantitative estimate of drug-likeness (QED) is 0.652. The number of benzene rings is 1. The van der Waals surface area contributed by atoms with E-state index in [1.54, 1.807) is 26.0 Å². The highest BCUT2D eigenvalue weighted by Crippen LogP contribution is 2.34. The number of allylic oxidation sites excluding steroid dienone is 2. The van der Waals surface area contributed by atoms with Crippen LogP contribution in [0.15, 0.2) is 47.4 Å². The normalized spacial score (nSPS) is 18.4. The molecule has 0 aromatic heterocycles. The molecule has 4 nitrogen and oxygen atoms in total. The van der Waals surface area contributed by atoms with Crippen molar-refractivity contribution >= 4 is 46.3 Å². The Morgan fingerprint density at radius 1 is 1.30 bits per heavy atom. The molecule has 1 aliphatic rings. The number of thioether (sulfide) groups is 1. The summed E-state index contributed by atoms with van der Waals surface area (Å²) in [7, 11) is 0. The Kier molecular flexibility index (Phi) is 5.74. The smallest absolute Gasteiger partial charge is 0.327 e. The molecule has 1 N–H and O–H groups in total. The van der Waals surface area contributed by atoms with Gasteiger partial charge in [-0.15, -0.1) is 0 Å². The van der Waals surface area contributed by atoms with E-state index in [4.69, 9.17) is 12.2 Å². The van der Waals surface area contributed by atoms with E-state index in [0.717, 1.165) is 17.3 Å². The van der Waals surface area contributed by atoms with Gasteiger partial charge in [0.2, 0.25) is 0 Å². The first-order valence-corrected chi connectivity index (χ1v) is 8.36. The van der Waals surface area contributed by atoms with Crippen molar-refractivity contribution in [2.75, 3.05) is 0 Å². The molecule has 6 heteroatoms. The van der Waals surface area contributed by atoms with Gasteiger partial charge in [-0.1, -0.05) is 80.3 Å². The minimum absolute atomic E-state index is 0.228. The van der Waals surface area contributed by atoms with Crippen molar-refractivity contribution in [1.82, 2.24) is 4.90 Å². The van der Waals surface area contributed by atoms with Gasteiger partial charge in [0.25, 0.3) is 5.91 Å². The molecule has 1 amide bonds. The average molecular weight is 347 g/mol. The maximum absolute atomic E-state index is 12.5. The number of carbonyl (C=O) groups is 2. The van der Waals surface area contributed by atoms with Crippen molar-refractivity contribution in [3.63, 3.8) is 0 Å². The second-order valence-electron chi connectivity index (χ2n) is 5.37. The largest absolute Gasteiger partial charge is 0.480 e. The Bertz CT molecular complexity index is 680. The Morgan fingerprint density at radius 2 is 1.96 bits per heavy atom. The Hall–Kier alpha value is -1.92. The second-order valence-corrected chi connectivity index (χ2v) is 7.05. The van der Waals surface area contributed by atoms with E-state index < -0.39 is 12.0 Å². The predicted molar refractivity (Wildman–Crippen MR) is 96.9 cm³/mol. The van der Waals surface area contributed by atoms with E-state index in [-0.39, 0.29) is 16.1 Å². The summed E-state index contributed by atoms with van der Waals surface area (Å²) < 4.78 is 0.287. The number of aliphatic carboxylic acids is 1. The van der Waals surface area contributed by atoms with Gasteiger partial charge in [-0.05, 0) is 17.6 Å². The summed E-state index contributed by atoms with van der Waals surface area (Å²) in [6.07, 6.45) is 5.32. The topological polar surface area (TPSA) is 57.6 Å². The molecular weight excluding hydrogens is 330 g/mol. The molecule has 1 unspecified atom stereocenters. The summed E-state index contributed by atoms with van der Waals surface area (Å²) in [5.74, 6) is -1.62. The van der Waals surface area contributed by atoms with Crippen molar-refractivity contribution < 1.29 is 14.7 Å². The molecule has 120 valence electrons. The minimum atomic E-state index is -1.04. The Morgan fingerprint density at radius 3 is 2.52 bits per heavy atom. The van der Waals surface area contributed by atoms with E-state index >= 15 is 0 Å². The highest BCUT2D eigenvalue weighted by atomic mass is 32.2. The molecule has 1 heterocycles. The number of hydrogen-bond donors (Lipinski definition) is 1. The van der Waals surface area contributed by atoms with Gasteiger partial charge in [0.1, 0.15) is 10.4 Å². The van der Waals surface area contributed by atoms with Crippen LogP contribution in [0, 0.1) is 5.92 Å². The number of thiocarbonyl (C=S) groups is 1. The van der Waals surface area contributed by atoms with E-state index in [0.29, 0.717) is 4.91 Å². The van der Waals surface area contributed by atoms with Crippen LogP contribution in [0.5, 0.6) is 0 Å². The molecule has 1 aromatic carbocycles. The fourth-order valence-corrected chi connectivity index (χ4v) is 3.52. The highest BCUT2D eigenvalue weighted by Gasteiger charge is 2.41. The van der Waals surface area contributed by atoms with Crippen LogP contribution in [0.2, 0.25) is 0 Å². The summed E-state index contributed by atoms with van der Waals surface area (Å²) >= 11 is 6.33. The summed E-state index contributed by atoms with van der Waals surface area (Å²) in [5.41, 5.74) is 1.02. The van der Waals surface area contributed by atoms with E-state index in [9.17, 15) is 14.7 Å². The van der Waals surface area contributed by atoms with Crippen LogP contribution in [0.3, 0.4) is 0 Å². The third-order valence-electron chi connectivity index (χ3n) is 3.32. The van der Waals surface area contributed by atoms with Gasteiger partial charge in [0, 0.05) is 0 Å². The molecule has 0 spiro atoms. The number of carboxylic acids is 1. The number of rotatable bonds is 5. The van der Waals surface area contributed by atoms with Crippen molar-refractivity contribution in [2.24, 2.45) is 5.92 Å². The number of hydrogen-bond acceptors (Lipinski definition) is 4. The van der Waals surface area contributed by atoms with Crippen LogP contribution in [0.25, 0.3) is 6.08 Å². The van der Waals surface area contributed by atoms with Crippen molar-refractivity contribution in [1.29, 1.82) is 0 Å². The first-order chi connectivity index (χ1) is 10.9. The predicted octanol–water partition coefficient (Wildman–Crippen LogP) is 3.55. The zero-order valence-corrected chi connectivity index (χ0v) is 14.4. The van der Waals surface area contributed by atoms with Crippen LogP contribution in [0.1, 0.15) is 19.4 Å². The monoisotopic (exact) mass is 347 g/mol. The first-order valence-electron chi connectivity index (χ1n) is 7.13. The van der Waals surface area contributed by atoms with Crippen molar-refractivity contribution in [3.05, 3.63) is 53.0 Å². The molecule has 0 aliphatic carbocycles. The van der Waals surface area contributed by atoms with Gasteiger partial charge in [0.15, 0.2) is 0 Å². The molecule has 0 radical (unpaired) electrons. The maximum atomic E-state index is 12.5. The molecule has 1 aromatic rings. The van der Waals surface area contributed by atoms with Crippen LogP contribution >= 0.6 is 24.0 Å². The summed E-state index contributed by atoms with van der Waals surface area (Å²) in [6.45, 7) is 3.52. The molecule has 1 atom stereocenters. The third kappa shape index (κ3) is 4.09. The van der Waals surface area contributed by atoms with Crippen LogP contribution < -0.4 is 0 Å². The molecule has 2 rings (SSSR count). The fourth-order valence-electron chi connectivity index (χ4n) is 2.24. The van der Waals surface area contributed by atoms with Crippen molar-refractivity contribution in [3.8, 4) is 0 Å². The zero-order chi connectivity index (χ0) is 17.0. The average Bonchev–Trinajstić information content (AvgIpc) is 2.76. The first kappa shape index (κ1) is 17.4. The Balaban J connectivity index is 2.19. The maximum Gasteiger partial charge on any atom is 0.327 e. The third-order valence-corrected chi connectivity index (χ3v) is 4.67. The molecule has 23 heavy (non-hydrogen) atoms. The molecule has 0 bridgehead atoms. The molecule has 0 saturated carbocycles. The number of carbonyl (C=O) groups excluding carboxylic acids is 1. The minimum Gasteiger partial charge on any atom is -0.480 e. The van der Waals surface area contributed by atoms with E-state index in [2.05, 4.69) is 0 Å². The van der Waals surface area contributed by atoms with E-state index in [1.807, 2.05) is 36.4 Å². The summed E-state index contributed by atoms with van der Waals surface area (Å²) in [4.78, 5) is 25.5. The SMILES string of the molecule is CC(C)C(C(=O)O)N1C(=O)/C(=C\C=C\c2ccccc2)SC1=S. The lowest BCUT2D eigenvalue weighted by Gasteiger charge is -2.26. The van der Waals surface area contributed by atoms with Crippen LogP contribution in [0.4, 0.5) is 0 Å². The molecule has 1 saturated heterocycles. The lowest BCUT2D eigenvalue weighted by Crippen LogP contribution is -2.47. The lowest BCUT2D eigenvalue weighted by molar-refractivity contribution is -0.146. The fraction of sp³-hybridized carbons (Fsp3) is 0.235. The van der Waals surface area contributed by atoms with Crippen LogP contribution in [-0.2, 0) is 9.59 Å². The van der Waals surface area contributed by atoms with Gasteiger partial charge in [-0.2, -0.15) is 0 Å². The molecule has 1 aliphatic heterocycles. The van der Waals surface area contributed by atoms with Crippen LogP contribution in [-0.4, -0.2) is 32.2 Å². The zero-order valence-electron chi connectivity index (χ0n) is 12.8. The number of amides is 1. The van der Waals surface area contributed by atoms with E-state index in [1.165, 1.54) is 4.90 Å². The summed E-state index contributed by atoms with van der Waals surface area (Å²) in [6, 6.07) is 8.76. The highest BCUT2D eigenvalue weighted by molar-refractivity contribution is 8.26. The van der Waals surface area contributed by atoms with Gasteiger partial charge in [-0.3, -0.25) is 9.69 Å². The number of carboxylic acid groups (broad SMARTS) is 1. The molecular formula is C17H17NO3S2. The van der Waals surface area contributed by atoms with Gasteiger partial charge < -0.3 is 5.11 Å². The van der Waals surface area contributed by atoms with Gasteiger partial charge in [0.05, 0.1) is 4.91 Å². The number of nitrogens with zero attached hydrogens (tertiary/aromatic N) is 1. The van der Waals surface area contributed by atoms with Gasteiger partial charge >= 0.3 is 5.97 Å². The Labute approximate surface area is 144 Å². The summed E-state index contributed by atoms with van der Waals surface area (Å²) in [5, 5.41) is 9.35. The van der Waals surface area contributed by atoms with Gasteiger partial charge in [-0.25, -0.2) is 4.79 Å². The lowest BCUT2D eigenvalue weighted by atomic mass is 10.0. The second kappa shape index (κ2) is 7.57. The standard InChI is InChI=1S/C17H17NO3S2/c1-11(2)14(16(20)21)18-15(19)13(23-17(18)22)10-6-9-12-7-4-3-5-8-12/h3-11,14H,1-2H3,(H,20,21)/b9-6+,13-10+.